The molecule has 1 rings (SSSR count). The molecule has 0 N–H and O–H groups in total. The van der Waals surface area contributed by atoms with Crippen molar-refractivity contribution in [2.75, 3.05) is 33.9 Å². The summed E-state index contributed by atoms with van der Waals surface area (Å²) in [6.07, 6.45) is 3.46. The van der Waals surface area contributed by atoms with E-state index in [-0.39, 0.29) is 30.5 Å². The van der Waals surface area contributed by atoms with Gasteiger partial charge in [-0.1, -0.05) is 0 Å². The molecule has 1 amide bonds. The van der Waals surface area contributed by atoms with Crippen LogP contribution in [0.2, 0.25) is 0 Å². The number of nitrogens with zero attached hydrogens (tertiary/aromatic N) is 1. The smallest absolute Gasteiger partial charge is 0.307 e. The first-order valence-electron chi connectivity index (χ1n) is 7.55. The van der Waals surface area contributed by atoms with Crippen LogP contribution in [0.1, 0.15) is 39.0 Å². The molecular formula is C15H27NO5. The lowest BCUT2D eigenvalue weighted by atomic mass is 10.1. The molecule has 0 spiro atoms. The molecule has 1 aliphatic rings. The molecule has 6 heteroatoms. The number of ether oxygens (including phenoxy) is 3. The topological polar surface area (TPSA) is 65.1 Å². The second kappa shape index (κ2) is 9.73. The molecule has 2 unspecified atom stereocenters. The van der Waals surface area contributed by atoms with Crippen LogP contribution in [0.15, 0.2) is 0 Å². The molecule has 1 aliphatic heterocycles. The van der Waals surface area contributed by atoms with Crippen LogP contribution in [0.3, 0.4) is 0 Å². The monoisotopic (exact) mass is 301 g/mol. The minimum Gasteiger partial charge on any atom is -0.469 e. The molecule has 0 aliphatic carbocycles. The molecule has 1 saturated heterocycles. The summed E-state index contributed by atoms with van der Waals surface area (Å²) in [5, 5.41) is 0. The van der Waals surface area contributed by atoms with E-state index in [1.54, 1.807) is 12.0 Å². The number of methoxy groups -OCH3 is 2. The predicted molar refractivity (Wildman–Crippen MR) is 77.9 cm³/mol. The van der Waals surface area contributed by atoms with Crippen molar-refractivity contribution in [2.24, 2.45) is 0 Å². The molecule has 21 heavy (non-hydrogen) atoms. The molecule has 0 bridgehead atoms. The first kappa shape index (κ1) is 17.9. The number of amides is 1. The van der Waals surface area contributed by atoms with E-state index in [0.717, 1.165) is 19.4 Å². The molecule has 122 valence electrons. The lowest BCUT2D eigenvalue weighted by molar-refractivity contribution is -0.142. The van der Waals surface area contributed by atoms with Crippen molar-refractivity contribution >= 4 is 11.9 Å². The van der Waals surface area contributed by atoms with Gasteiger partial charge in [0.1, 0.15) is 0 Å². The van der Waals surface area contributed by atoms with Crippen molar-refractivity contribution in [1.82, 2.24) is 4.90 Å². The van der Waals surface area contributed by atoms with Gasteiger partial charge in [0.05, 0.1) is 25.7 Å². The summed E-state index contributed by atoms with van der Waals surface area (Å²) in [7, 11) is 2.99. The van der Waals surface area contributed by atoms with Crippen molar-refractivity contribution in [3.05, 3.63) is 0 Å². The van der Waals surface area contributed by atoms with Crippen LogP contribution >= 0.6 is 0 Å². The molecule has 0 saturated carbocycles. The highest BCUT2D eigenvalue weighted by atomic mass is 16.5. The van der Waals surface area contributed by atoms with Gasteiger partial charge in [-0.05, 0) is 26.2 Å². The molecule has 0 aromatic heterocycles. The molecule has 1 heterocycles. The zero-order valence-electron chi connectivity index (χ0n) is 13.3. The Kier molecular flexibility index (Phi) is 8.30. The van der Waals surface area contributed by atoms with E-state index in [0.29, 0.717) is 25.9 Å². The van der Waals surface area contributed by atoms with Crippen molar-refractivity contribution in [1.29, 1.82) is 0 Å². The van der Waals surface area contributed by atoms with Gasteiger partial charge < -0.3 is 19.1 Å². The number of hydrogen-bond acceptors (Lipinski definition) is 5. The summed E-state index contributed by atoms with van der Waals surface area (Å²) >= 11 is 0. The number of esters is 1. The van der Waals surface area contributed by atoms with Gasteiger partial charge in [0.15, 0.2) is 0 Å². The summed E-state index contributed by atoms with van der Waals surface area (Å²) in [5.74, 6) is -0.260. The lowest BCUT2D eigenvalue weighted by Crippen LogP contribution is -2.39. The fourth-order valence-corrected chi connectivity index (χ4v) is 2.28. The highest BCUT2D eigenvalue weighted by Crippen LogP contribution is 2.15. The highest BCUT2D eigenvalue weighted by molar-refractivity contribution is 5.77. The van der Waals surface area contributed by atoms with Crippen LogP contribution in [0.5, 0.6) is 0 Å². The summed E-state index contributed by atoms with van der Waals surface area (Å²) < 4.78 is 15.4. The zero-order chi connectivity index (χ0) is 15.7. The standard InChI is InChI=1S/C15H27NO5/c1-12(19-2)6-7-14(17)16(9-8-15(18)20-3)11-13-5-4-10-21-13/h12-13H,4-11H2,1-3H3. The minimum absolute atomic E-state index is 0.0401. The Balaban J connectivity index is 2.48. The summed E-state index contributed by atoms with van der Waals surface area (Å²) in [4.78, 5) is 25.3. The molecular weight excluding hydrogens is 274 g/mol. The number of hydrogen-bond donors (Lipinski definition) is 0. The van der Waals surface area contributed by atoms with Crippen molar-refractivity contribution in [3.8, 4) is 0 Å². The number of rotatable bonds is 9. The van der Waals surface area contributed by atoms with Gasteiger partial charge in [0, 0.05) is 33.2 Å². The van der Waals surface area contributed by atoms with Crippen LogP contribution in [-0.2, 0) is 23.8 Å². The maximum atomic E-state index is 12.3. The van der Waals surface area contributed by atoms with Crippen LogP contribution < -0.4 is 0 Å². The van der Waals surface area contributed by atoms with Gasteiger partial charge in [-0.25, -0.2) is 0 Å². The van der Waals surface area contributed by atoms with Crippen LogP contribution in [0, 0.1) is 0 Å². The first-order valence-corrected chi connectivity index (χ1v) is 7.55. The normalized spacial score (nSPS) is 19.3. The van der Waals surface area contributed by atoms with Crippen LogP contribution in [0.4, 0.5) is 0 Å². The van der Waals surface area contributed by atoms with E-state index < -0.39 is 0 Å². The highest BCUT2D eigenvalue weighted by Gasteiger charge is 2.23. The van der Waals surface area contributed by atoms with Gasteiger partial charge in [-0.15, -0.1) is 0 Å². The minimum atomic E-state index is -0.301. The Morgan fingerprint density at radius 1 is 1.33 bits per heavy atom. The second-order valence-electron chi connectivity index (χ2n) is 5.39. The van der Waals surface area contributed by atoms with E-state index in [1.165, 1.54) is 7.11 Å². The van der Waals surface area contributed by atoms with Gasteiger partial charge in [0.2, 0.25) is 5.91 Å². The Labute approximate surface area is 126 Å². The fraction of sp³-hybridized carbons (Fsp3) is 0.867. The average Bonchev–Trinajstić information content (AvgIpc) is 3.01. The van der Waals surface area contributed by atoms with Gasteiger partial charge >= 0.3 is 5.97 Å². The molecule has 6 nitrogen and oxygen atoms in total. The molecule has 0 radical (unpaired) electrons. The Bertz CT molecular complexity index is 328. The summed E-state index contributed by atoms with van der Waals surface area (Å²) in [6.45, 7) is 3.63. The maximum absolute atomic E-state index is 12.3. The van der Waals surface area contributed by atoms with E-state index in [2.05, 4.69) is 4.74 Å². The maximum Gasteiger partial charge on any atom is 0.307 e. The average molecular weight is 301 g/mol. The van der Waals surface area contributed by atoms with Crippen molar-refractivity contribution < 1.29 is 23.8 Å². The molecule has 0 aromatic carbocycles. The van der Waals surface area contributed by atoms with Crippen molar-refractivity contribution in [3.63, 3.8) is 0 Å². The molecule has 1 fully saturated rings. The van der Waals surface area contributed by atoms with E-state index in [4.69, 9.17) is 9.47 Å². The van der Waals surface area contributed by atoms with Gasteiger partial charge in [0.25, 0.3) is 0 Å². The summed E-state index contributed by atoms with van der Waals surface area (Å²) in [5.41, 5.74) is 0. The molecule has 2 atom stereocenters. The fourth-order valence-electron chi connectivity index (χ4n) is 2.28. The third-order valence-corrected chi connectivity index (χ3v) is 3.78. The Hall–Kier alpha value is -1.14. The molecule has 0 aromatic rings. The van der Waals surface area contributed by atoms with Gasteiger partial charge in [-0.2, -0.15) is 0 Å². The van der Waals surface area contributed by atoms with Gasteiger partial charge in [-0.3, -0.25) is 9.59 Å². The second-order valence-corrected chi connectivity index (χ2v) is 5.39. The SMILES string of the molecule is COC(=O)CCN(CC1CCCO1)C(=O)CCC(C)OC. The zero-order valence-corrected chi connectivity index (χ0v) is 13.3. The van der Waals surface area contributed by atoms with E-state index in [1.807, 2.05) is 6.92 Å². The Morgan fingerprint density at radius 2 is 2.10 bits per heavy atom. The first-order chi connectivity index (χ1) is 10.1. The van der Waals surface area contributed by atoms with E-state index >= 15 is 0 Å². The number of carbonyl (C=O) groups is 2. The van der Waals surface area contributed by atoms with Crippen LogP contribution in [-0.4, -0.2) is 62.9 Å². The largest absolute Gasteiger partial charge is 0.469 e. The quantitative estimate of drug-likeness (QED) is 0.602. The van der Waals surface area contributed by atoms with E-state index in [9.17, 15) is 9.59 Å². The third kappa shape index (κ3) is 6.91. The lowest BCUT2D eigenvalue weighted by Gasteiger charge is -2.25. The van der Waals surface area contributed by atoms with Crippen LogP contribution in [0.25, 0.3) is 0 Å². The number of carbonyl (C=O) groups excluding carboxylic acids is 2. The Morgan fingerprint density at radius 3 is 2.67 bits per heavy atom. The third-order valence-electron chi connectivity index (χ3n) is 3.78. The summed E-state index contributed by atoms with van der Waals surface area (Å²) in [6, 6.07) is 0. The predicted octanol–water partition coefficient (Wildman–Crippen LogP) is 1.37. The van der Waals surface area contributed by atoms with Crippen molar-refractivity contribution in [2.45, 2.75) is 51.2 Å².